The van der Waals surface area contributed by atoms with E-state index in [0.717, 1.165) is 28.2 Å². The van der Waals surface area contributed by atoms with Crippen molar-refractivity contribution in [3.8, 4) is 28.8 Å². The average Bonchev–Trinajstić information content (AvgIpc) is 3.61. The Morgan fingerprint density at radius 3 is 2.55 bits per heavy atom. The van der Waals surface area contributed by atoms with Crippen LogP contribution in [0, 0.1) is 11.3 Å². The summed E-state index contributed by atoms with van der Waals surface area (Å²) in [6.45, 7) is 5.64. The minimum absolute atomic E-state index is 0.0883. The second kappa shape index (κ2) is 10.00. The minimum atomic E-state index is -0.977. The normalized spacial score (nSPS) is 12.3. The number of nitriles is 1. The van der Waals surface area contributed by atoms with Gasteiger partial charge in [0.25, 0.3) is 0 Å². The number of nitrogens with zero attached hydrogens (tertiary/aromatic N) is 7. The van der Waals surface area contributed by atoms with Gasteiger partial charge in [0.05, 0.1) is 35.1 Å². The summed E-state index contributed by atoms with van der Waals surface area (Å²) in [6.07, 6.45) is 8.75. The molecular weight excluding hydrogens is 478 g/mol. The van der Waals surface area contributed by atoms with Crippen LogP contribution in [0.2, 0.25) is 0 Å². The quantitative estimate of drug-likeness (QED) is 0.322. The summed E-state index contributed by atoms with van der Waals surface area (Å²) < 4.78 is 9.23. The highest BCUT2D eigenvalue weighted by atomic mass is 16.5. The van der Waals surface area contributed by atoms with Crippen molar-refractivity contribution in [2.45, 2.75) is 32.4 Å². The lowest BCUT2D eigenvalue weighted by Crippen LogP contribution is -2.27. The van der Waals surface area contributed by atoms with Crippen LogP contribution in [0.25, 0.3) is 22.5 Å². The Kier molecular flexibility index (Phi) is 6.57. The van der Waals surface area contributed by atoms with Crippen LogP contribution in [0.3, 0.4) is 0 Å². The van der Waals surface area contributed by atoms with E-state index in [-0.39, 0.29) is 12.6 Å². The predicted octanol–water partition coefficient (Wildman–Crippen LogP) is 4.80. The molecule has 4 aromatic heterocycles. The third kappa shape index (κ3) is 5.08. The van der Waals surface area contributed by atoms with Crippen molar-refractivity contribution < 1.29 is 9.84 Å². The molecule has 192 valence electrons. The largest absolute Gasteiger partial charge is 0.489 e. The first-order valence-electron chi connectivity index (χ1n) is 12.3. The zero-order valence-electron chi connectivity index (χ0n) is 21.8. The zero-order valence-corrected chi connectivity index (χ0v) is 21.8. The molecule has 0 saturated carbocycles. The lowest BCUT2D eigenvalue weighted by molar-refractivity contribution is 0.0283. The Labute approximate surface area is 221 Å². The number of aliphatic hydroxyl groups is 1. The van der Waals surface area contributed by atoms with Gasteiger partial charge in [0.15, 0.2) is 5.82 Å². The van der Waals surface area contributed by atoms with Crippen molar-refractivity contribution in [1.29, 1.82) is 5.26 Å². The summed E-state index contributed by atoms with van der Waals surface area (Å²) in [5.41, 5.74) is 4.09. The number of rotatable bonds is 8. The van der Waals surface area contributed by atoms with Crippen LogP contribution in [-0.2, 0) is 0 Å². The van der Waals surface area contributed by atoms with E-state index in [4.69, 9.17) is 4.74 Å². The maximum absolute atomic E-state index is 10.1. The molecular formula is C29H29N7O2. The van der Waals surface area contributed by atoms with E-state index in [0.29, 0.717) is 16.8 Å². The number of fused-ring (bicyclic) bond motifs is 1. The Balaban J connectivity index is 1.41. The number of aromatic nitrogens is 5. The molecule has 0 amide bonds. The second-order valence-electron chi connectivity index (χ2n) is 9.89. The molecule has 9 heteroatoms. The van der Waals surface area contributed by atoms with Crippen LogP contribution in [0.4, 0.5) is 5.69 Å². The topological polar surface area (TPSA) is 104 Å². The summed E-state index contributed by atoms with van der Waals surface area (Å²) in [4.78, 5) is 6.75. The van der Waals surface area contributed by atoms with Gasteiger partial charge in [-0.25, -0.2) is 14.2 Å². The molecule has 0 unspecified atom stereocenters. The van der Waals surface area contributed by atoms with Gasteiger partial charge in [-0.3, -0.25) is 0 Å². The van der Waals surface area contributed by atoms with Gasteiger partial charge in [-0.05, 0) is 62.2 Å². The van der Waals surface area contributed by atoms with E-state index in [1.165, 1.54) is 0 Å². The van der Waals surface area contributed by atoms with Crippen molar-refractivity contribution in [2.24, 2.45) is 0 Å². The molecule has 0 aliphatic carbocycles. The Hall–Kier alpha value is -4.68. The van der Waals surface area contributed by atoms with Crippen molar-refractivity contribution in [3.05, 3.63) is 90.6 Å². The average molecular weight is 508 g/mol. The van der Waals surface area contributed by atoms with Crippen molar-refractivity contribution in [2.75, 3.05) is 18.6 Å². The molecule has 1 N–H and O–H groups in total. The first-order chi connectivity index (χ1) is 18.2. The van der Waals surface area contributed by atoms with Crippen LogP contribution in [-0.4, -0.2) is 48.7 Å². The first kappa shape index (κ1) is 25.0. The number of hydrogen-bond donors (Lipinski definition) is 1. The highest BCUT2D eigenvalue weighted by Gasteiger charge is 2.18. The van der Waals surface area contributed by atoms with Gasteiger partial charge >= 0.3 is 0 Å². The fourth-order valence-corrected chi connectivity index (χ4v) is 4.25. The van der Waals surface area contributed by atoms with Gasteiger partial charge in [0.2, 0.25) is 0 Å². The van der Waals surface area contributed by atoms with Gasteiger partial charge in [0, 0.05) is 36.9 Å². The highest BCUT2D eigenvalue weighted by Crippen LogP contribution is 2.33. The third-order valence-corrected chi connectivity index (χ3v) is 6.46. The number of pyridine rings is 2. The molecule has 0 spiro atoms. The van der Waals surface area contributed by atoms with Crippen molar-refractivity contribution in [3.63, 3.8) is 0 Å². The summed E-state index contributed by atoms with van der Waals surface area (Å²) in [5.74, 6) is 1.33. The smallest absolute Gasteiger partial charge is 0.153 e. The molecule has 1 aromatic carbocycles. The first-order valence-corrected chi connectivity index (χ1v) is 12.3. The van der Waals surface area contributed by atoms with E-state index < -0.39 is 5.60 Å². The maximum atomic E-state index is 10.1. The third-order valence-electron chi connectivity index (χ3n) is 6.46. The molecule has 38 heavy (non-hydrogen) atoms. The number of benzene rings is 1. The molecule has 0 radical (unpaired) electrons. The maximum Gasteiger partial charge on any atom is 0.153 e. The fraction of sp³-hybridized carbons (Fsp3) is 0.241. The van der Waals surface area contributed by atoms with Gasteiger partial charge < -0.3 is 14.7 Å². The van der Waals surface area contributed by atoms with E-state index >= 15 is 0 Å². The van der Waals surface area contributed by atoms with E-state index in [2.05, 4.69) is 58.3 Å². The van der Waals surface area contributed by atoms with Crippen molar-refractivity contribution >= 4 is 11.2 Å². The molecule has 0 saturated heterocycles. The summed E-state index contributed by atoms with van der Waals surface area (Å²) in [5, 5.41) is 28.3. The van der Waals surface area contributed by atoms with Crippen LogP contribution in [0.15, 0.2) is 79.5 Å². The Morgan fingerprint density at radius 1 is 1.13 bits per heavy atom. The fourth-order valence-electron chi connectivity index (χ4n) is 4.25. The number of ether oxygens (including phenoxy) is 1. The minimum Gasteiger partial charge on any atom is -0.489 e. The molecule has 5 rings (SSSR count). The van der Waals surface area contributed by atoms with Crippen LogP contribution in [0.5, 0.6) is 5.75 Å². The second-order valence-corrected chi connectivity index (χ2v) is 9.89. The standard InChI is InChI=1S/C29H29N7O2/c1-20(22-8-11-27(31-16-22)35-13-5-12-32-35)34(4)24-9-6-21(7-10-24)26-14-25(38-19-29(2,3)37)18-36-28(26)23(15-30)17-33-36/h5-14,16-18,20,37H,19H2,1-4H3/t20-/m0/s1. The van der Waals surface area contributed by atoms with Gasteiger partial charge in [-0.2, -0.15) is 15.5 Å². The van der Waals surface area contributed by atoms with Crippen molar-refractivity contribution in [1.82, 2.24) is 24.4 Å². The monoisotopic (exact) mass is 507 g/mol. The molecule has 0 aliphatic heterocycles. The van der Waals surface area contributed by atoms with Gasteiger partial charge in [0.1, 0.15) is 18.4 Å². The van der Waals surface area contributed by atoms with Crippen LogP contribution >= 0.6 is 0 Å². The SMILES string of the molecule is C[C@@H](c1ccc(-n2cccn2)nc1)N(C)c1ccc(-c2cc(OCC(C)(C)O)cn3ncc(C#N)c23)cc1. The summed E-state index contributed by atoms with van der Waals surface area (Å²) in [6, 6.07) is 18.3. The van der Waals surface area contributed by atoms with E-state index in [9.17, 15) is 10.4 Å². The summed E-state index contributed by atoms with van der Waals surface area (Å²) >= 11 is 0. The van der Waals surface area contributed by atoms with Crippen LogP contribution < -0.4 is 9.64 Å². The Bertz CT molecular complexity index is 1580. The lowest BCUT2D eigenvalue weighted by Gasteiger charge is -2.27. The molecule has 1 atom stereocenters. The molecule has 9 nitrogen and oxygen atoms in total. The van der Waals surface area contributed by atoms with Gasteiger partial charge in [-0.1, -0.05) is 18.2 Å². The highest BCUT2D eigenvalue weighted by molar-refractivity contribution is 5.85. The summed E-state index contributed by atoms with van der Waals surface area (Å²) in [7, 11) is 2.05. The molecule has 0 bridgehead atoms. The zero-order chi connectivity index (χ0) is 26.9. The van der Waals surface area contributed by atoms with Gasteiger partial charge in [-0.15, -0.1) is 0 Å². The van der Waals surface area contributed by atoms with E-state index in [1.807, 2.05) is 42.7 Å². The Morgan fingerprint density at radius 2 is 1.92 bits per heavy atom. The lowest BCUT2D eigenvalue weighted by atomic mass is 10.0. The van der Waals surface area contributed by atoms with Crippen LogP contribution in [0.1, 0.15) is 37.9 Å². The molecule has 0 fully saturated rings. The predicted molar refractivity (Wildman–Crippen MR) is 145 cm³/mol. The number of anilines is 1. The number of hydrogen-bond acceptors (Lipinski definition) is 7. The molecule has 4 heterocycles. The molecule has 0 aliphatic rings. The van der Waals surface area contributed by atoms with E-state index in [1.54, 1.807) is 41.6 Å². The molecule has 5 aromatic rings.